The van der Waals surface area contributed by atoms with E-state index >= 15 is 0 Å². The summed E-state index contributed by atoms with van der Waals surface area (Å²) in [6, 6.07) is 5.60. The molecule has 0 fully saturated rings. The number of Topliss-reactive ketones (excluding diaryl/α,β-unsaturated/α-hetero) is 1. The van der Waals surface area contributed by atoms with E-state index in [1.165, 1.54) is 0 Å². The first kappa shape index (κ1) is 10.9. The zero-order valence-electron chi connectivity index (χ0n) is 9.40. The van der Waals surface area contributed by atoms with Crippen LogP contribution in [0.1, 0.15) is 35.7 Å². The van der Waals surface area contributed by atoms with Crippen LogP contribution in [0.4, 0.5) is 0 Å². The van der Waals surface area contributed by atoms with E-state index in [1.54, 1.807) is 0 Å². The smallest absolute Gasteiger partial charge is 0.180 e. The van der Waals surface area contributed by atoms with Gasteiger partial charge in [0.15, 0.2) is 5.78 Å². The molecule has 0 bridgehead atoms. The van der Waals surface area contributed by atoms with Gasteiger partial charge in [0.05, 0.1) is 5.56 Å². The van der Waals surface area contributed by atoms with Crippen molar-refractivity contribution >= 4 is 12.1 Å². The highest BCUT2D eigenvalue weighted by atomic mass is 16.5. The van der Waals surface area contributed by atoms with Crippen molar-refractivity contribution in [3.63, 3.8) is 0 Å². The predicted octanol–water partition coefficient (Wildman–Crippen LogP) is 2.20. The van der Waals surface area contributed by atoms with E-state index in [2.05, 4.69) is 13.8 Å². The summed E-state index contributed by atoms with van der Waals surface area (Å²) in [5.41, 5.74) is 1.62. The summed E-state index contributed by atoms with van der Waals surface area (Å²) in [7, 11) is 0. The highest BCUT2D eigenvalue weighted by Crippen LogP contribution is 2.29. The number of rotatable bonds is 2. The van der Waals surface area contributed by atoms with Gasteiger partial charge in [0.25, 0.3) is 0 Å². The van der Waals surface area contributed by atoms with Gasteiger partial charge in [-0.25, -0.2) is 0 Å². The van der Waals surface area contributed by atoms with Crippen LogP contribution in [0.15, 0.2) is 18.2 Å². The maximum Gasteiger partial charge on any atom is 0.180 e. The molecule has 1 aliphatic heterocycles. The second-order valence-electron chi connectivity index (χ2n) is 4.33. The molecule has 3 nitrogen and oxygen atoms in total. The number of ketones is 1. The second-order valence-corrected chi connectivity index (χ2v) is 4.33. The molecule has 0 saturated carbocycles. The van der Waals surface area contributed by atoms with Crippen molar-refractivity contribution in [2.45, 2.75) is 19.8 Å². The first-order valence-electron chi connectivity index (χ1n) is 5.39. The minimum absolute atomic E-state index is 0.126. The Balaban J connectivity index is 2.44. The number of hydrogen-bond acceptors (Lipinski definition) is 3. The number of carbonyl (C=O) groups is 2. The molecule has 2 rings (SSSR count). The summed E-state index contributed by atoms with van der Waals surface area (Å²) in [6.45, 7) is 4.29. The van der Waals surface area contributed by atoms with Crippen molar-refractivity contribution in [1.82, 2.24) is 0 Å². The lowest BCUT2D eigenvalue weighted by molar-refractivity contribution is -0.110. The highest BCUT2D eigenvalue weighted by molar-refractivity contribution is 6.08. The lowest BCUT2D eigenvalue weighted by Gasteiger charge is -2.21. The summed E-state index contributed by atoms with van der Waals surface area (Å²) >= 11 is 0. The largest absolute Gasteiger partial charge is 0.492 e. The molecule has 0 saturated heterocycles. The number of ether oxygens (including phenoxy) is 1. The maximum atomic E-state index is 11.9. The predicted molar refractivity (Wildman–Crippen MR) is 59.9 cm³/mol. The third-order valence-corrected chi connectivity index (χ3v) is 2.86. The summed E-state index contributed by atoms with van der Waals surface area (Å²) in [4.78, 5) is 22.6. The van der Waals surface area contributed by atoms with Gasteiger partial charge in [-0.2, -0.15) is 0 Å². The Bertz CT molecular complexity index is 435. The molecule has 0 aromatic heterocycles. The zero-order valence-corrected chi connectivity index (χ0v) is 9.40. The van der Waals surface area contributed by atoms with Crippen molar-refractivity contribution in [1.29, 1.82) is 0 Å². The Morgan fingerprint density at radius 1 is 1.44 bits per heavy atom. The van der Waals surface area contributed by atoms with Gasteiger partial charge in [-0.15, -0.1) is 0 Å². The first-order valence-corrected chi connectivity index (χ1v) is 5.39. The fourth-order valence-electron chi connectivity index (χ4n) is 1.78. The monoisotopic (exact) mass is 218 g/mol. The van der Waals surface area contributed by atoms with Crippen LogP contribution in [0.2, 0.25) is 0 Å². The molecule has 3 heteroatoms. The molecule has 0 N–H and O–H groups in total. The van der Waals surface area contributed by atoms with Crippen molar-refractivity contribution < 1.29 is 14.3 Å². The van der Waals surface area contributed by atoms with Gasteiger partial charge in [0.2, 0.25) is 0 Å². The van der Waals surface area contributed by atoms with Crippen molar-refractivity contribution in [3.8, 4) is 5.75 Å². The number of carbonyl (C=O) groups excluding carboxylic acids is 2. The van der Waals surface area contributed by atoms with Crippen LogP contribution < -0.4 is 4.74 Å². The third-order valence-electron chi connectivity index (χ3n) is 2.86. The minimum atomic E-state index is -0.644. The summed E-state index contributed by atoms with van der Waals surface area (Å²) in [5, 5.41) is 0. The van der Waals surface area contributed by atoms with E-state index in [9.17, 15) is 9.59 Å². The maximum absolute atomic E-state index is 11.9. The molecule has 16 heavy (non-hydrogen) atoms. The molecule has 1 aliphatic rings. The van der Waals surface area contributed by atoms with E-state index in [0.29, 0.717) is 23.5 Å². The molecule has 0 spiro atoms. The Hall–Kier alpha value is -1.64. The van der Waals surface area contributed by atoms with Gasteiger partial charge in [0, 0.05) is 0 Å². The van der Waals surface area contributed by atoms with Gasteiger partial charge < -0.3 is 9.53 Å². The summed E-state index contributed by atoms with van der Waals surface area (Å²) in [5.74, 6) is 0.177. The Morgan fingerprint density at radius 3 is 2.81 bits per heavy atom. The number of hydrogen-bond donors (Lipinski definition) is 0. The Kier molecular flexibility index (Phi) is 2.77. The van der Waals surface area contributed by atoms with E-state index in [4.69, 9.17) is 4.74 Å². The quantitative estimate of drug-likeness (QED) is 0.564. The Morgan fingerprint density at radius 2 is 2.19 bits per heavy atom. The van der Waals surface area contributed by atoms with Gasteiger partial charge >= 0.3 is 0 Å². The molecule has 1 atom stereocenters. The van der Waals surface area contributed by atoms with Crippen molar-refractivity contribution in [2.24, 2.45) is 5.92 Å². The number of fused-ring (bicyclic) bond motifs is 1. The zero-order chi connectivity index (χ0) is 11.7. The van der Waals surface area contributed by atoms with E-state index in [-0.39, 0.29) is 12.4 Å². The first-order chi connectivity index (χ1) is 7.63. The van der Waals surface area contributed by atoms with Crippen LogP contribution in [-0.4, -0.2) is 18.7 Å². The average molecular weight is 218 g/mol. The highest BCUT2D eigenvalue weighted by Gasteiger charge is 2.28. The molecule has 1 heterocycles. The Labute approximate surface area is 94.4 Å². The van der Waals surface area contributed by atoms with Crippen molar-refractivity contribution in [3.05, 3.63) is 29.3 Å². The molecule has 84 valence electrons. The molecule has 1 aromatic rings. The van der Waals surface area contributed by atoms with Gasteiger partial charge in [-0.1, -0.05) is 19.9 Å². The summed E-state index contributed by atoms with van der Waals surface area (Å²) in [6.07, 6.45) is 0.660. The van der Waals surface area contributed by atoms with Gasteiger partial charge in [0.1, 0.15) is 24.6 Å². The fourth-order valence-corrected chi connectivity index (χ4v) is 1.78. The van der Waals surface area contributed by atoms with Crippen LogP contribution in [0.5, 0.6) is 5.75 Å². The molecule has 0 aliphatic carbocycles. The fraction of sp³-hybridized carbons (Fsp3) is 0.385. The summed E-state index contributed by atoms with van der Waals surface area (Å²) < 4.78 is 5.38. The van der Waals surface area contributed by atoms with Crippen LogP contribution in [0, 0.1) is 5.92 Å². The van der Waals surface area contributed by atoms with Crippen LogP contribution in [-0.2, 0) is 4.79 Å². The van der Waals surface area contributed by atoms with Crippen LogP contribution in [0.25, 0.3) is 0 Å². The normalized spacial score (nSPS) is 19.2. The van der Waals surface area contributed by atoms with Crippen LogP contribution in [0.3, 0.4) is 0 Å². The second kappa shape index (κ2) is 4.08. The molecule has 0 amide bonds. The number of aldehydes is 1. The SMILES string of the molecule is CC(C)c1ccc2c(c1)C(=O)C(C=O)CO2. The molecular formula is C13H14O3. The standard InChI is InChI=1S/C13H14O3/c1-8(2)9-3-4-12-11(5-9)13(15)10(6-14)7-16-12/h3-6,8,10H,7H2,1-2H3. The van der Waals surface area contributed by atoms with E-state index in [1.807, 2.05) is 18.2 Å². The molecular weight excluding hydrogens is 204 g/mol. The third kappa shape index (κ3) is 1.73. The minimum Gasteiger partial charge on any atom is -0.492 e. The lowest BCUT2D eigenvalue weighted by atomic mass is 9.92. The molecule has 1 unspecified atom stereocenters. The van der Waals surface area contributed by atoms with Crippen molar-refractivity contribution in [2.75, 3.05) is 6.61 Å². The van der Waals surface area contributed by atoms with E-state index in [0.717, 1.165) is 5.56 Å². The number of benzene rings is 1. The lowest BCUT2D eigenvalue weighted by Crippen LogP contribution is -2.28. The average Bonchev–Trinajstić information content (AvgIpc) is 2.29. The molecule has 1 aromatic carbocycles. The van der Waals surface area contributed by atoms with Gasteiger partial charge in [-0.3, -0.25) is 4.79 Å². The van der Waals surface area contributed by atoms with Gasteiger partial charge in [-0.05, 0) is 23.6 Å². The topological polar surface area (TPSA) is 43.4 Å². The van der Waals surface area contributed by atoms with E-state index < -0.39 is 5.92 Å². The molecule has 0 radical (unpaired) electrons. The van der Waals surface area contributed by atoms with Crippen LogP contribution >= 0.6 is 0 Å².